The molecule has 140 valence electrons. The molecule has 0 saturated heterocycles. The van der Waals surface area contributed by atoms with Gasteiger partial charge in [0.2, 0.25) is 0 Å². The average Bonchev–Trinajstić information content (AvgIpc) is 2.56. The molecule has 24 heavy (non-hydrogen) atoms. The van der Waals surface area contributed by atoms with Crippen molar-refractivity contribution in [2.45, 2.75) is 108 Å². The summed E-state index contributed by atoms with van der Waals surface area (Å²) in [5, 5.41) is 11.7. The molecule has 2 aliphatic carbocycles. The van der Waals surface area contributed by atoms with Crippen molar-refractivity contribution >= 4 is 22.8 Å². The number of hydrogen-bond donors (Lipinski definition) is 2. The summed E-state index contributed by atoms with van der Waals surface area (Å²) in [6.07, 6.45) is 15.9. The molecule has 0 spiro atoms. The summed E-state index contributed by atoms with van der Waals surface area (Å²) in [7, 11) is 0. The van der Waals surface area contributed by atoms with Crippen LogP contribution in [0.1, 0.15) is 90.9 Å². The number of aliphatic carboxylic acids is 1. The number of rotatable bonds is 6. The molecule has 0 aromatic heterocycles. The van der Waals surface area contributed by atoms with Crippen LogP contribution in [0.5, 0.6) is 0 Å². The van der Waals surface area contributed by atoms with Crippen LogP contribution in [-0.4, -0.2) is 33.5 Å². The fourth-order valence-electron chi connectivity index (χ4n) is 3.57. The molecule has 0 amide bonds. The van der Waals surface area contributed by atoms with Gasteiger partial charge in [-0.05, 0) is 32.1 Å². The molecule has 4 nitrogen and oxygen atoms in total. The molecule has 1 unspecified atom stereocenters. The standard InChI is InChI=1S/C12H23N.C7H12O3S/c1-3-7-11(8-4-1)13-12-9-5-2-6-10-12;1-3-4-6(7(9)10)11-5(2)8/h11-13H,1-10H2;6H,3-4H2,1-2H3,(H,9,10). The highest BCUT2D eigenvalue weighted by Crippen LogP contribution is 2.22. The minimum absolute atomic E-state index is 0.133. The zero-order valence-electron chi connectivity index (χ0n) is 15.4. The number of hydrogen-bond acceptors (Lipinski definition) is 4. The lowest BCUT2D eigenvalue weighted by molar-refractivity contribution is -0.136. The number of carboxylic acids is 1. The monoisotopic (exact) mass is 357 g/mol. The zero-order chi connectivity index (χ0) is 17.8. The second-order valence-corrected chi connectivity index (χ2v) is 8.44. The largest absolute Gasteiger partial charge is 0.480 e. The van der Waals surface area contributed by atoms with Crippen molar-refractivity contribution in [1.82, 2.24) is 5.32 Å². The number of thioether (sulfide) groups is 1. The molecular weight excluding hydrogens is 322 g/mol. The number of carbonyl (C=O) groups is 2. The second kappa shape index (κ2) is 12.8. The lowest BCUT2D eigenvalue weighted by atomic mass is 9.91. The van der Waals surface area contributed by atoms with Crippen LogP contribution >= 0.6 is 11.8 Å². The van der Waals surface area contributed by atoms with Gasteiger partial charge in [-0.15, -0.1) is 0 Å². The second-order valence-electron chi connectivity index (χ2n) is 7.06. The van der Waals surface area contributed by atoms with E-state index in [0.717, 1.165) is 30.3 Å². The fourth-order valence-corrected chi connectivity index (χ4v) is 4.42. The number of carboxylic acid groups (broad SMARTS) is 1. The van der Waals surface area contributed by atoms with Crippen molar-refractivity contribution in [3.8, 4) is 0 Å². The van der Waals surface area contributed by atoms with E-state index in [-0.39, 0.29) is 5.12 Å². The van der Waals surface area contributed by atoms with Gasteiger partial charge in [-0.25, -0.2) is 0 Å². The predicted octanol–water partition coefficient (Wildman–Crippen LogP) is 4.76. The Labute approximate surface area is 151 Å². The van der Waals surface area contributed by atoms with Crippen LogP contribution in [-0.2, 0) is 9.59 Å². The molecule has 0 aliphatic heterocycles. The summed E-state index contributed by atoms with van der Waals surface area (Å²) in [6, 6.07) is 1.74. The van der Waals surface area contributed by atoms with Gasteiger partial charge in [0, 0.05) is 19.0 Å². The molecule has 0 aromatic rings. The van der Waals surface area contributed by atoms with Gasteiger partial charge >= 0.3 is 5.97 Å². The molecule has 0 heterocycles. The third-order valence-electron chi connectivity index (χ3n) is 4.82. The first-order valence-electron chi connectivity index (χ1n) is 9.69. The molecule has 0 radical (unpaired) electrons. The Balaban J connectivity index is 0.000000245. The van der Waals surface area contributed by atoms with Gasteiger partial charge in [-0.2, -0.15) is 0 Å². The van der Waals surface area contributed by atoms with E-state index in [1.54, 1.807) is 0 Å². The van der Waals surface area contributed by atoms with Crippen LogP contribution in [0.3, 0.4) is 0 Å². The first-order valence-corrected chi connectivity index (χ1v) is 10.6. The average molecular weight is 358 g/mol. The van der Waals surface area contributed by atoms with E-state index in [1.165, 1.54) is 71.1 Å². The van der Waals surface area contributed by atoms with Crippen LogP contribution in [0.2, 0.25) is 0 Å². The molecule has 2 saturated carbocycles. The van der Waals surface area contributed by atoms with Gasteiger partial charge in [-0.1, -0.05) is 63.6 Å². The van der Waals surface area contributed by atoms with Crippen molar-refractivity contribution < 1.29 is 14.7 Å². The quantitative estimate of drug-likeness (QED) is 0.717. The van der Waals surface area contributed by atoms with E-state index >= 15 is 0 Å². The maximum absolute atomic E-state index is 10.5. The smallest absolute Gasteiger partial charge is 0.317 e. The van der Waals surface area contributed by atoms with Gasteiger partial charge in [-0.3, -0.25) is 9.59 Å². The van der Waals surface area contributed by atoms with Crippen LogP contribution in [0.25, 0.3) is 0 Å². The first-order chi connectivity index (χ1) is 11.5. The van der Waals surface area contributed by atoms with Crippen molar-refractivity contribution in [1.29, 1.82) is 0 Å². The minimum atomic E-state index is -0.896. The van der Waals surface area contributed by atoms with Gasteiger partial charge in [0.1, 0.15) is 5.25 Å². The molecule has 2 N–H and O–H groups in total. The summed E-state index contributed by atoms with van der Waals surface area (Å²) in [4.78, 5) is 21.0. The molecule has 1 atom stereocenters. The van der Waals surface area contributed by atoms with Gasteiger partial charge in [0.15, 0.2) is 5.12 Å². The van der Waals surface area contributed by atoms with Gasteiger partial charge in [0.05, 0.1) is 0 Å². The predicted molar refractivity (Wildman–Crippen MR) is 101 cm³/mol. The Kier molecular flexibility index (Phi) is 11.4. The molecule has 0 bridgehead atoms. The first kappa shape index (κ1) is 21.5. The van der Waals surface area contributed by atoms with E-state index in [4.69, 9.17) is 5.11 Å². The molecule has 5 heteroatoms. The SMILES string of the molecule is C1CCC(NC2CCCCC2)CC1.CCCC(SC(C)=O)C(=O)O. The lowest BCUT2D eigenvalue weighted by Gasteiger charge is -2.30. The van der Waals surface area contributed by atoms with Crippen molar-refractivity contribution in [2.24, 2.45) is 0 Å². The third-order valence-corrected chi connectivity index (χ3v) is 5.87. The number of carbonyl (C=O) groups excluding carboxylic acids is 1. The molecule has 2 aliphatic rings. The van der Waals surface area contributed by atoms with Crippen molar-refractivity contribution in [3.63, 3.8) is 0 Å². The van der Waals surface area contributed by atoms with E-state index < -0.39 is 11.2 Å². The maximum atomic E-state index is 10.5. The highest BCUT2D eigenvalue weighted by Gasteiger charge is 2.19. The maximum Gasteiger partial charge on any atom is 0.317 e. The fraction of sp³-hybridized carbons (Fsp3) is 0.895. The Hall–Kier alpha value is -0.550. The molecule has 0 aromatic carbocycles. The highest BCUT2D eigenvalue weighted by atomic mass is 32.2. The Morgan fingerprint density at radius 3 is 1.79 bits per heavy atom. The highest BCUT2D eigenvalue weighted by molar-refractivity contribution is 8.14. The van der Waals surface area contributed by atoms with E-state index in [1.807, 2.05) is 6.92 Å². The Morgan fingerprint density at radius 1 is 1.00 bits per heavy atom. The van der Waals surface area contributed by atoms with Gasteiger partial charge < -0.3 is 10.4 Å². The van der Waals surface area contributed by atoms with E-state index in [2.05, 4.69) is 5.32 Å². The van der Waals surface area contributed by atoms with Crippen LogP contribution < -0.4 is 5.32 Å². The third kappa shape index (κ3) is 9.67. The van der Waals surface area contributed by atoms with Crippen LogP contribution in [0.4, 0.5) is 0 Å². The van der Waals surface area contributed by atoms with Crippen molar-refractivity contribution in [2.75, 3.05) is 0 Å². The number of nitrogens with one attached hydrogen (secondary N) is 1. The summed E-state index contributed by atoms with van der Waals surface area (Å²) < 4.78 is 0. The lowest BCUT2D eigenvalue weighted by Crippen LogP contribution is -2.40. The summed E-state index contributed by atoms with van der Waals surface area (Å²) in [6.45, 7) is 3.28. The Morgan fingerprint density at radius 2 is 1.46 bits per heavy atom. The van der Waals surface area contributed by atoms with Crippen LogP contribution in [0, 0.1) is 0 Å². The van der Waals surface area contributed by atoms with Crippen LogP contribution in [0.15, 0.2) is 0 Å². The normalized spacial score (nSPS) is 20.8. The van der Waals surface area contributed by atoms with Crippen molar-refractivity contribution in [3.05, 3.63) is 0 Å². The Bertz CT molecular complexity index is 348. The summed E-state index contributed by atoms with van der Waals surface area (Å²) >= 11 is 0.894. The van der Waals surface area contributed by atoms with E-state index in [9.17, 15) is 9.59 Å². The van der Waals surface area contributed by atoms with E-state index in [0.29, 0.717) is 6.42 Å². The zero-order valence-corrected chi connectivity index (χ0v) is 16.2. The van der Waals surface area contributed by atoms with Gasteiger partial charge in [0.25, 0.3) is 0 Å². The topological polar surface area (TPSA) is 66.4 Å². The molecular formula is C19H35NO3S. The molecule has 2 rings (SSSR count). The minimum Gasteiger partial charge on any atom is -0.480 e. The summed E-state index contributed by atoms with van der Waals surface area (Å²) in [5.74, 6) is -0.896. The molecule has 2 fully saturated rings. The summed E-state index contributed by atoms with van der Waals surface area (Å²) in [5.41, 5.74) is 0.